The minimum absolute atomic E-state index is 0.117. The maximum absolute atomic E-state index is 14.4. The molecule has 0 saturated carbocycles. The molecule has 0 aromatic heterocycles. The molecule has 1 amide bonds. The van der Waals surface area contributed by atoms with E-state index in [1.54, 1.807) is 44.4 Å². The van der Waals surface area contributed by atoms with Gasteiger partial charge in [-0.25, -0.2) is 4.39 Å². The first-order valence-corrected chi connectivity index (χ1v) is 8.71. The molecular formula is C20H24FN3O2. The van der Waals surface area contributed by atoms with Gasteiger partial charge in [0.15, 0.2) is 0 Å². The van der Waals surface area contributed by atoms with Gasteiger partial charge in [0.25, 0.3) is 0 Å². The Morgan fingerprint density at radius 3 is 2.23 bits per heavy atom. The summed E-state index contributed by atoms with van der Waals surface area (Å²) in [5.41, 5.74) is 1.45. The van der Waals surface area contributed by atoms with Crippen LogP contribution in [0.5, 0.6) is 5.75 Å². The average molecular weight is 357 g/mol. The number of halogens is 1. The van der Waals surface area contributed by atoms with E-state index in [0.29, 0.717) is 18.7 Å². The van der Waals surface area contributed by atoms with E-state index in [1.165, 1.54) is 11.0 Å². The molecule has 0 bridgehead atoms. The number of likely N-dealkylation sites (N-methyl/N-ethyl adjacent to an activating group) is 1. The monoisotopic (exact) mass is 357 g/mol. The predicted octanol–water partition coefficient (Wildman–Crippen LogP) is 2.48. The van der Waals surface area contributed by atoms with Crippen LogP contribution in [0.4, 0.5) is 10.1 Å². The average Bonchev–Trinajstić information content (AvgIpc) is 2.64. The number of rotatable bonds is 4. The summed E-state index contributed by atoms with van der Waals surface area (Å²) in [5.74, 6) is -0.231. The first-order chi connectivity index (χ1) is 12.5. The van der Waals surface area contributed by atoms with E-state index >= 15 is 0 Å². The van der Waals surface area contributed by atoms with Crippen molar-refractivity contribution in [1.29, 1.82) is 0 Å². The Bertz CT molecular complexity index is 756. The molecule has 2 aromatic carbocycles. The summed E-state index contributed by atoms with van der Waals surface area (Å²) in [5, 5.41) is 9.43. The van der Waals surface area contributed by atoms with E-state index in [0.717, 1.165) is 18.8 Å². The molecule has 1 atom stereocenters. The highest BCUT2D eigenvalue weighted by Crippen LogP contribution is 2.28. The van der Waals surface area contributed by atoms with Crippen LogP contribution in [-0.4, -0.2) is 61.1 Å². The van der Waals surface area contributed by atoms with Crippen LogP contribution >= 0.6 is 0 Å². The van der Waals surface area contributed by atoms with Gasteiger partial charge in [-0.05, 0) is 30.3 Å². The number of carbonyl (C=O) groups is 1. The molecule has 3 rings (SSSR count). The van der Waals surface area contributed by atoms with E-state index in [-0.39, 0.29) is 17.5 Å². The lowest BCUT2D eigenvalue weighted by atomic mass is 10.0. The lowest BCUT2D eigenvalue weighted by Crippen LogP contribution is -2.51. The molecule has 0 aliphatic carbocycles. The summed E-state index contributed by atoms with van der Waals surface area (Å²) in [6.07, 6.45) is 0. The normalized spacial score (nSPS) is 16.3. The quantitative estimate of drug-likeness (QED) is 0.913. The summed E-state index contributed by atoms with van der Waals surface area (Å²) in [6, 6.07) is 13.0. The molecule has 0 spiro atoms. The van der Waals surface area contributed by atoms with Gasteiger partial charge in [-0.3, -0.25) is 9.69 Å². The first-order valence-electron chi connectivity index (χ1n) is 8.71. The number of hydrogen-bond acceptors (Lipinski definition) is 4. The highest BCUT2D eigenvalue weighted by Gasteiger charge is 2.33. The Hall–Kier alpha value is -2.60. The molecule has 1 unspecified atom stereocenters. The number of anilines is 1. The van der Waals surface area contributed by atoms with E-state index in [2.05, 4.69) is 4.90 Å². The smallest absolute Gasteiger partial charge is 0.244 e. The Labute approximate surface area is 153 Å². The first kappa shape index (κ1) is 18.2. The number of phenolic OH excluding ortho intramolecular Hbond substituents is 1. The minimum atomic E-state index is -0.617. The Morgan fingerprint density at radius 1 is 1.04 bits per heavy atom. The molecule has 2 aromatic rings. The van der Waals surface area contributed by atoms with Gasteiger partial charge in [0.1, 0.15) is 17.6 Å². The zero-order valence-electron chi connectivity index (χ0n) is 15.1. The summed E-state index contributed by atoms with van der Waals surface area (Å²) in [4.78, 5) is 18.5. The van der Waals surface area contributed by atoms with Crippen molar-refractivity contribution in [3.8, 4) is 5.75 Å². The fraction of sp³-hybridized carbons (Fsp3) is 0.350. The molecule has 1 N–H and O–H groups in total. The van der Waals surface area contributed by atoms with Gasteiger partial charge in [0.05, 0.1) is 0 Å². The lowest BCUT2D eigenvalue weighted by Gasteiger charge is -2.40. The summed E-state index contributed by atoms with van der Waals surface area (Å²) < 4.78 is 14.4. The summed E-state index contributed by atoms with van der Waals surface area (Å²) >= 11 is 0. The topological polar surface area (TPSA) is 47.0 Å². The molecule has 5 nitrogen and oxygen atoms in total. The number of aromatic hydroxyl groups is 1. The third-order valence-corrected chi connectivity index (χ3v) is 4.77. The van der Waals surface area contributed by atoms with Crippen molar-refractivity contribution in [2.24, 2.45) is 0 Å². The third-order valence-electron chi connectivity index (χ3n) is 4.77. The van der Waals surface area contributed by atoms with Gasteiger partial charge >= 0.3 is 0 Å². The van der Waals surface area contributed by atoms with Crippen LogP contribution in [0, 0.1) is 5.82 Å². The highest BCUT2D eigenvalue weighted by atomic mass is 19.1. The number of hydrogen-bond donors (Lipinski definition) is 1. The maximum atomic E-state index is 14.4. The number of phenols is 1. The lowest BCUT2D eigenvalue weighted by molar-refractivity contribution is -0.135. The molecule has 0 radical (unpaired) electrons. The van der Waals surface area contributed by atoms with Crippen molar-refractivity contribution in [2.45, 2.75) is 6.04 Å². The molecule has 6 heteroatoms. The van der Waals surface area contributed by atoms with Gasteiger partial charge in [0, 0.05) is 51.5 Å². The number of amides is 1. The van der Waals surface area contributed by atoms with Crippen LogP contribution in [-0.2, 0) is 4.79 Å². The van der Waals surface area contributed by atoms with Crippen LogP contribution < -0.4 is 4.90 Å². The second kappa shape index (κ2) is 7.74. The van der Waals surface area contributed by atoms with Crippen molar-refractivity contribution in [1.82, 2.24) is 9.80 Å². The van der Waals surface area contributed by atoms with Crippen molar-refractivity contribution in [2.75, 3.05) is 45.2 Å². The predicted molar refractivity (Wildman–Crippen MR) is 99.7 cm³/mol. The number of piperazine rings is 1. The maximum Gasteiger partial charge on any atom is 0.244 e. The fourth-order valence-corrected chi connectivity index (χ4v) is 3.33. The van der Waals surface area contributed by atoms with Crippen LogP contribution in [0.2, 0.25) is 0 Å². The van der Waals surface area contributed by atoms with Crippen LogP contribution in [0.1, 0.15) is 11.6 Å². The zero-order chi connectivity index (χ0) is 18.7. The Morgan fingerprint density at radius 2 is 1.65 bits per heavy atom. The number of carbonyl (C=O) groups excluding carboxylic acids is 1. The van der Waals surface area contributed by atoms with Crippen molar-refractivity contribution < 1.29 is 14.3 Å². The third kappa shape index (κ3) is 3.80. The highest BCUT2D eigenvalue weighted by molar-refractivity contribution is 5.83. The van der Waals surface area contributed by atoms with Gasteiger partial charge < -0.3 is 14.9 Å². The molecule has 1 saturated heterocycles. The fourth-order valence-electron chi connectivity index (χ4n) is 3.33. The zero-order valence-corrected chi connectivity index (χ0v) is 15.1. The van der Waals surface area contributed by atoms with Crippen molar-refractivity contribution in [3.63, 3.8) is 0 Å². The largest absolute Gasteiger partial charge is 0.508 e. The molecule has 1 heterocycles. The van der Waals surface area contributed by atoms with Gasteiger partial charge in [-0.2, -0.15) is 0 Å². The summed E-state index contributed by atoms with van der Waals surface area (Å²) in [7, 11) is 3.39. The molecule has 1 aliphatic rings. The SMILES string of the molecule is CN(C)C(=O)C(c1ccccc1F)N1CCN(c2ccc(O)cc2)CC1. The molecular weight excluding hydrogens is 333 g/mol. The van der Waals surface area contributed by atoms with E-state index in [1.807, 2.05) is 17.0 Å². The van der Waals surface area contributed by atoms with Crippen LogP contribution in [0.3, 0.4) is 0 Å². The van der Waals surface area contributed by atoms with Gasteiger partial charge in [0.2, 0.25) is 5.91 Å². The van der Waals surface area contributed by atoms with E-state index in [4.69, 9.17) is 0 Å². The van der Waals surface area contributed by atoms with E-state index in [9.17, 15) is 14.3 Å². The second-order valence-electron chi connectivity index (χ2n) is 6.70. The molecule has 1 fully saturated rings. The molecule has 138 valence electrons. The van der Waals surface area contributed by atoms with Crippen molar-refractivity contribution >= 4 is 11.6 Å². The number of benzene rings is 2. The second-order valence-corrected chi connectivity index (χ2v) is 6.70. The van der Waals surface area contributed by atoms with E-state index < -0.39 is 6.04 Å². The Kier molecular flexibility index (Phi) is 5.42. The van der Waals surface area contributed by atoms with Crippen LogP contribution in [0.15, 0.2) is 48.5 Å². The molecule has 1 aliphatic heterocycles. The van der Waals surface area contributed by atoms with Gasteiger partial charge in [-0.15, -0.1) is 0 Å². The molecule has 26 heavy (non-hydrogen) atoms. The Balaban J connectivity index is 1.78. The number of nitrogens with zero attached hydrogens (tertiary/aromatic N) is 3. The summed E-state index contributed by atoms with van der Waals surface area (Å²) in [6.45, 7) is 2.77. The minimum Gasteiger partial charge on any atom is -0.508 e. The van der Waals surface area contributed by atoms with Crippen LogP contribution in [0.25, 0.3) is 0 Å². The van der Waals surface area contributed by atoms with Crippen molar-refractivity contribution in [3.05, 3.63) is 59.9 Å². The van der Waals surface area contributed by atoms with Gasteiger partial charge in [-0.1, -0.05) is 18.2 Å². The standard InChI is InChI=1S/C20H24FN3O2/c1-22(2)20(26)19(17-5-3-4-6-18(17)21)24-13-11-23(12-14-24)15-7-9-16(25)10-8-15/h3-10,19,25H,11-14H2,1-2H3.